The van der Waals surface area contributed by atoms with Crippen LogP contribution in [0, 0.1) is 19.8 Å². The maximum absolute atomic E-state index is 11.9. The zero-order valence-electron chi connectivity index (χ0n) is 10.2. The number of aliphatic hydroxyl groups is 1. The van der Waals surface area contributed by atoms with Crippen LogP contribution in [0.25, 0.3) is 0 Å². The number of nitrogens with zero attached hydrogens (tertiary/aromatic N) is 1. The Morgan fingerprint density at radius 1 is 1.50 bits per heavy atom. The number of carbonyl (C=O) groups excluding carboxylic acids is 1. The summed E-state index contributed by atoms with van der Waals surface area (Å²) >= 11 is 0. The van der Waals surface area contributed by atoms with Gasteiger partial charge >= 0.3 is 0 Å². The highest BCUT2D eigenvalue weighted by Gasteiger charge is 2.20. The van der Waals surface area contributed by atoms with E-state index in [0.29, 0.717) is 11.3 Å². The van der Waals surface area contributed by atoms with Crippen LogP contribution >= 0.6 is 0 Å². The molecular weight excluding hydrogens is 206 g/mol. The number of rotatable bonds is 4. The van der Waals surface area contributed by atoms with Crippen LogP contribution in [-0.4, -0.2) is 33.9 Å². The van der Waals surface area contributed by atoms with E-state index >= 15 is 0 Å². The Bertz CT molecular complexity index is 352. The van der Waals surface area contributed by atoms with E-state index in [1.807, 2.05) is 13.8 Å². The molecule has 0 radical (unpaired) electrons. The first-order valence-corrected chi connectivity index (χ1v) is 5.40. The van der Waals surface area contributed by atoms with E-state index in [1.165, 1.54) is 0 Å². The SMILES string of the molecule is Cc1n[nH]c(C)c1C(=O)N[C@H](CO)C(C)C. The van der Waals surface area contributed by atoms with Gasteiger partial charge in [-0.1, -0.05) is 13.8 Å². The van der Waals surface area contributed by atoms with Crippen molar-refractivity contribution in [3.63, 3.8) is 0 Å². The average molecular weight is 225 g/mol. The zero-order valence-corrected chi connectivity index (χ0v) is 10.2. The second kappa shape index (κ2) is 5.12. The smallest absolute Gasteiger partial charge is 0.255 e. The molecule has 0 saturated carbocycles. The summed E-state index contributed by atoms with van der Waals surface area (Å²) in [5.41, 5.74) is 1.99. The molecule has 1 atom stereocenters. The number of H-pyrrole nitrogens is 1. The fourth-order valence-electron chi connectivity index (χ4n) is 1.55. The molecule has 0 bridgehead atoms. The van der Waals surface area contributed by atoms with Crippen molar-refractivity contribution in [2.45, 2.75) is 33.7 Å². The maximum atomic E-state index is 11.9. The summed E-state index contributed by atoms with van der Waals surface area (Å²) in [6.45, 7) is 7.44. The second-order valence-corrected chi connectivity index (χ2v) is 4.32. The van der Waals surface area contributed by atoms with E-state index in [1.54, 1.807) is 13.8 Å². The molecule has 0 spiro atoms. The summed E-state index contributed by atoms with van der Waals surface area (Å²) in [5, 5.41) is 18.7. The molecule has 1 aromatic rings. The largest absolute Gasteiger partial charge is 0.394 e. The van der Waals surface area contributed by atoms with E-state index in [9.17, 15) is 4.79 Å². The molecule has 0 fully saturated rings. The van der Waals surface area contributed by atoms with Gasteiger partial charge in [0.25, 0.3) is 5.91 Å². The van der Waals surface area contributed by atoms with Gasteiger partial charge in [-0.15, -0.1) is 0 Å². The number of hydrogen-bond donors (Lipinski definition) is 3. The van der Waals surface area contributed by atoms with E-state index in [-0.39, 0.29) is 24.5 Å². The Kier molecular flexibility index (Phi) is 4.06. The van der Waals surface area contributed by atoms with Crippen molar-refractivity contribution in [1.82, 2.24) is 15.5 Å². The number of aryl methyl sites for hydroxylation is 2. The van der Waals surface area contributed by atoms with Crippen molar-refractivity contribution in [2.24, 2.45) is 5.92 Å². The minimum absolute atomic E-state index is 0.0562. The van der Waals surface area contributed by atoms with E-state index < -0.39 is 0 Å². The van der Waals surface area contributed by atoms with Gasteiger partial charge in [-0.2, -0.15) is 5.10 Å². The lowest BCUT2D eigenvalue weighted by atomic mass is 10.0. The van der Waals surface area contributed by atoms with Crippen LogP contribution in [-0.2, 0) is 0 Å². The number of aliphatic hydroxyl groups excluding tert-OH is 1. The van der Waals surface area contributed by atoms with Crippen molar-refractivity contribution >= 4 is 5.91 Å². The highest BCUT2D eigenvalue weighted by atomic mass is 16.3. The number of carbonyl (C=O) groups is 1. The van der Waals surface area contributed by atoms with Gasteiger partial charge in [0.15, 0.2) is 0 Å². The van der Waals surface area contributed by atoms with Gasteiger partial charge in [-0.05, 0) is 19.8 Å². The first-order chi connectivity index (χ1) is 7.47. The summed E-state index contributed by atoms with van der Waals surface area (Å²) in [5.74, 6) is 0.0120. The third kappa shape index (κ3) is 2.61. The van der Waals surface area contributed by atoms with Crippen molar-refractivity contribution < 1.29 is 9.90 Å². The second-order valence-electron chi connectivity index (χ2n) is 4.32. The van der Waals surface area contributed by atoms with Gasteiger partial charge in [0, 0.05) is 5.69 Å². The molecule has 90 valence electrons. The summed E-state index contributed by atoms with van der Waals surface area (Å²) < 4.78 is 0. The molecule has 1 rings (SSSR count). The quantitative estimate of drug-likeness (QED) is 0.708. The molecule has 3 N–H and O–H groups in total. The first-order valence-electron chi connectivity index (χ1n) is 5.40. The lowest BCUT2D eigenvalue weighted by Gasteiger charge is -2.19. The summed E-state index contributed by atoms with van der Waals surface area (Å²) in [6, 6.07) is -0.221. The molecule has 0 aliphatic carbocycles. The van der Waals surface area contributed by atoms with Crippen molar-refractivity contribution in [3.8, 4) is 0 Å². The standard InChI is InChI=1S/C11H19N3O2/c1-6(2)9(5-15)12-11(16)10-7(3)13-14-8(10)4/h6,9,15H,5H2,1-4H3,(H,12,16)(H,13,14)/t9-/m1/s1. The highest BCUT2D eigenvalue weighted by Crippen LogP contribution is 2.10. The molecule has 0 aliphatic heterocycles. The Morgan fingerprint density at radius 2 is 2.12 bits per heavy atom. The molecule has 1 heterocycles. The third-order valence-corrected chi connectivity index (χ3v) is 2.67. The molecule has 1 amide bonds. The summed E-state index contributed by atoms with van der Waals surface area (Å²) in [7, 11) is 0. The van der Waals surface area contributed by atoms with Crippen LogP contribution in [0.5, 0.6) is 0 Å². The van der Waals surface area contributed by atoms with E-state index in [2.05, 4.69) is 15.5 Å². The van der Waals surface area contributed by atoms with Crippen LogP contribution in [0.1, 0.15) is 35.6 Å². The average Bonchev–Trinajstić information content (AvgIpc) is 2.54. The normalized spacial score (nSPS) is 12.9. The first kappa shape index (κ1) is 12.7. The number of aromatic amines is 1. The van der Waals surface area contributed by atoms with E-state index in [0.717, 1.165) is 5.69 Å². The van der Waals surface area contributed by atoms with Gasteiger partial charge in [0.05, 0.1) is 23.9 Å². The fourth-order valence-corrected chi connectivity index (χ4v) is 1.55. The molecule has 0 aromatic carbocycles. The van der Waals surface area contributed by atoms with E-state index in [4.69, 9.17) is 5.11 Å². The predicted molar refractivity (Wildman–Crippen MR) is 61.2 cm³/mol. The van der Waals surface area contributed by atoms with Gasteiger partial charge in [-0.25, -0.2) is 0 Å². The van der Waals surface area contributed by atoms with Crippen LogP contribution in [0.2, 0.25) is 0 Å². The molecule has 0 saturated heterocycles. The Hall–Kier alpha value is -1.36. The lowest BCUT2D eigenvalue weighted by Crippen LogP contribution is -2.41. The number of nitrogens with one attached hydrogen (secondary N) is 2. The van der Waals surface area contributed by atoms with Gasteiger partial charge in [-0.3, -0.25) is 9.89 Å². The molecule has 5 heteroatoms. The highest BCUT2D eigenvalue weighted by molar-refractivity contribution is 5.96. The molecule has 16 heavy (non-hydrogen) atoms. The molecular formula is C11H19N3O2. The molecule has 5 nitrogen and oxygen atoms in total. The van der Waals surface area contributed by atoms with Crippen LogP contribution in [0.15, 0.2) is 0 Å². The Labute approximate surface area is 95.3 Å². The van der Waals surface area contributed by atoms with Gasteiger partial charge < -0.3 is 10.4 Å². The van der Waals surface area contributed by atoms with Crippen LogP contribution in [0.4, 0.5) is 0 Å². The monoisotopic (exact) mass is 225 g/mol. The van der Waals surface area contributed by atoms with Crippen molar-refractivity contribution in [2.75, 3.05) is 6.61 Å². The van der Waals surface area contributed by atoms with Crippen LogP contribution < -0.4 is 5.32 Å². The minimum Gasteiger partial charge on any atom is -0.394 e. The predicted octanol–water partition coefficient (Wildman–Crippen LogP) is 0.773. The fraction of sp³-hybridized carbons (Fsp3) is 0.636. The maximum Gasteiger partial charge on any atom is 0.255 e. The van der Waals surface area contributed by atoms with Crippen molar-refractivity contribution in [3.05, 3.63) is 17.0 Å². The number of hydrogen-bond acceptors (Lipinski definition) is 3. The summed E-state index contributed by atoms with van der Waals surface area (Å²) in [4.78, 5) is 11.9. The van der Waals surface area contributed by atoms with Gasteiger partial charge in [0.2, 0.25) is 0 Å². The lowest BCUT2D eigenvalue weighted by molar-refractivity contribution is 0.0895. The topological polar surface area (TPSA) is 78.0 Å². The minimum atomic E-state index is -0.221. The number of aromatic nitrogens is 2. The molecule has 0 aliphatic rings. The number of amides is 1. The van der Waals surface area contributed by atoms with Crippen molar-refractivity contribution in [1.29, 1.82) is 0 Å². The van der Waals surface area contributed by atoms with Crippen LogP contribution in [0.3, 0.4) is 0 Å². The Morgan fingerprint density at radius 3 is 2.50 bits per heavy atom. The zero-order chi connectivity index (χ0) is 12.3. The summed E-state index contributed by atoms with van der Waals surface area (Å²) in [6.07, 6.45) is 0. The molecule has 0 unspecified atom stereocenters. The van der Waals surface area contributed by atoms with Gasteiger partial charge in [0.1, 0.15) is 0 Å². The molecule has 1 aromatic heterocycles. The third-order valence-electron chi connectivity index (χ3n) is 2.67. The Balaban J connectivity index is 2.80.